The van der Waals surface area contributed by atoms with Gasteiger partial charge < -0.3 is 10.6 Å². The van der Waals surface area contributed by atoms with Crippen LogP contribution in [0.5, 0.6) is 0 Å². The largest absolute Gasteiger partial charge is 0.355 e. The van der Waals surface area contributed by atoms with Crippen LogP contribution in [0.2, 0.25) is 0 Å². The summed E-state index contributed by atoms with van der Waals surface area (Å²) in [5, 5.41) is 5.35. The molecule has 2 amide bonds. The second-order valence-electron chi connectivity index (χ2n) is 3.88. The maximum atomic E-state index is 11.6. The molecule has 0 heterocycles. The van der Waals surface area contributed by atoms with Crippen LogP contribution in [0.15, 0.2) is 24.3 Å². The van der Waals surface area contributed by atoms with E-state index in [0.29, 0.717) is 12.1 Å². The van der Waals surface area contributed by atoms with Crippen molar-refractivity contribution in [3.05, 3.63) is 35.4 Å². The Morgan fingerprint density at radius 1 is 1.39 bits per heavy atom. The van der Waals surface area contributed by atoms with Gasteiger partial charge in [-0.2, -0.15) is 11.8 Å². The molecule has 0 fully saturated rings. The summed E-state index contributed by atoms with van der Waals surface area (Å²) in [5.74, 6) is -0.117. The molecule has 2 N–H and O–H groups in total. The first-order valence-electron chi connectivity index (χ1n) is 5.70. The number of hydrogen-bond donors (Lipinski definition) is 2. The van der Waals surface area contributed by atoms with E-state index >= 15 is 0 Å². The monoisotopic (exact) mass is 266 g/mol. The lowest BCUT2D eigenvalue weighted by molar-refractivity contribution is -0.120. The van der Waals surface area contributed by atoms with Crippen LogP contribution in [0, 0.1) is 0 Å². The van der Waals surface area contributed by atoms with E-state index in [9.17, 15) is 9.59 Å². The van der Waals surface area contributed by atoms with Crippen molar-refractivity contribution < 1.29 is 9.59 Å². The van der Waals surface area contributed by atoms with Crippen LogP contribution < -0.4 is 10.6 Å². The highest BCUT2D eigenvalue weighted by atomic mass is 32.2. The fourth-order valence-corrected chi connectivity index (χ4v) is 1.70. The molecule has 1 aromatic rings. The smallest absolute Gasteiger partial charge is 0.251 e. The Morgan fingerprint density at radius 3 is 2.72 bits per heavy atom. The van der Waals surface area contributed by atoms with Crippen molar-refractivity contribution in [2.75, 3.05) is 13.3 Å². The van der Waals surface area contributed by atoms with E-state index in [1.54, 1.807) is 19.2 Å². The minimum absolute atomic E-state index is 0.00726. The molecule has 0 aliphatic heterocycles. The highest BCUT2D eigenvalue weighted by Gasteiger charge is 2.10. The van der Waals surface area contributed by atoms with Crippen molar-refractivity contribution in [1.82, 2.24) is 10.6 Å². The molecule has 0 aliphatic rings. The third-order valence-electron chi connectivity index (χ3n) is 2.61. The predicted octanol–water partition coefficient (Wildman–Crippen LogP) is 1.41. The van der Waals surface area contributed by atoms with Gasteiger partial charge >= 0.3 is 0 Å². The third kappa shape index (κ3) is 4.07. The molecule has 0 aromatic heterocycles. The normalized spacial score (nSPS) is 11.7. The van der Waals surface area contributed by atoms with Crippen LogP contribution in [0.1, 0.15) is 22.8 Å². The van der Waals surface area contributed by atoms with E-state index < -0.39 is 0 Å². The van der Waals surface area contributed by atoms with E-state index in [4.69, 9.17) is 0 Å². The molecule has 0 saturated heterocycles. The van der Waals surface area contributed by atoms with Crippen LogP contribution in [-0.2, 0) is 11.3 Å². The van der Waals surface area contributed by atoms with Gasteiger partial charge in [0.05, 0.1) is 5.25 Å². The Balaban J connectivity index is 2.63. The molecule has 0 saturated carbocycles. The SMILES string of the molecule is CNC(=O)c1cccc(CNC(=O)[C@@H](C)SC)c1. The molecular weight excluding hydrogens is 248 g/mol. The summed E-state index contributed by atoms with van der Waals surface area (Å²) < 4.78 is 0. The summed E-state index contributed by atoms with van der Waals surface area (Å²) in [7, 11) is 1.59. The van der Waals surface area contributed by atoms with Gasteiger partial charge in [0.2, 0.25) is 5.91 Å². The lowest BCUT2D eigenvalue weighted by Gasteiger charge is -2.10. The van der Waals surface area contributed by atoms with E-state index in [1.807, 2.05) is 25.3 Å². The Hall–Kier alpha value is -1.49. The summed E-state index contributed by atoms with van der Waals surface area (Å²) in [6, 6.07) is 7.22. The fraction of sp³-hybridized carbons (Fsp3) is 0.385. The van der Waals surface area contributed by atoms with Crippen LogP contribution in [0.3, 0.4) is 0 Å². The first-order chi connectivity index (χ1) is 8.58. The first kappa shape index (κ1) is 14.6. The Morgan fingerprint density at radius 2 is 2.11 bits per heavy atom. The molecule has 0 unspecified atom stereocenters. The average molecular weight is 266 g/mol. The molecular formula is C13H18N2O2S. The van der Waals surface area contributed by atoms with Gasteiger partial charge in [-0.25, -0.2) is 0 Å². The van der Waals surface area contributed by atoms with Crippen molar-refractivity contribution in [2.45, 2.75) is 18.7 Å². The maximum absolute atomic E-state index is 11.6. The number of amides is 2. The van der Waals surface area contributed by atoms with E-state index in [-0.39, 0.29) is 17.1 Å². The summed E-state index contributed by atoms with van der Waals surface area (Å²) in [4.78, 5) is 23.1. The fourth-order valence-electron chi connectivity index (χ4n) is 1.41. The summed E-state index contributed by atoms with van der Waals surface area (Å²) in [5.41, 5.74) is 1.51. The Bertz CT molecular complexity index is 435. The minimum Gasteiger partial charge on any atom is -0.355 e. The number of rotatable bonds is 5. The Kier molecular flexibility index (Phi) is 5.71. The maximum Gasteiger partial charge on any atom is 0.251 e. The Labute approximate surface area is 112 Å². The summed E-state index contributed by atoms with van der Waals surface area (Å²) >= 11 is 1.50. The number of hydrogen-bond acceptors (Lipinski definition) is 3. The number of nitrogens with one attached hydrogen (secondary N) is 2. The third-order valence-corrected chi connectivity index (χ3v) is 3.53. The van der Waals surface area contributed by atoms with E-state index in [1.165, 1.54) is 11.8 Å². The predicted molar refractivity (Wildman–Crippen MR) is 74.7 cm³/mol. The summed E-state index contributed by atoms with van der Waals surface area (Å²) in [6.45, 7) is 2.30. The van der Waals surface area contributed by atoms with Crippen molar-refractivity contribution in [1.29, 1.82) is 0 Å². The molecule has 0 bridgehead atoms. The molecule has 0 aliphatic carbocycles. The van der Waals surface area contributed by atoms with E-state index in [2.05, 4.69) is 10.6 Å². The van der Waals surface area contributed by atoms with Gasteiger partial charge in [-0.15, -0.1) is 0 Å². The molecule has 0 spiro atoms. The van der Waals surface area contributed by atoms with Gasteiger partial charge in [0.1, 0.15) is 0 Å². The molecule has 18 heavy (non-hydrogen) atoms. The zero-order valence-electron chi connectivity index (χ0n) is 10.8. The van der Waals surface area contributed by atoms with Crippen LogP contribution >= 0.6 is 11.8 Å². The lowest BCUT2D eigenvalue weighted by Crippen LogP contribution is -2.30. The molecule has 98 valence electrons. The number of carbonyl (C=O) groups is 2. The van der Waals surface area contributed by atoms with Crippen LogP contribution in [0.25, 0.3) is 0 Å². The number of carbonyl (C=O) groups excluding carboxylic acids is 2. The minimum atomic E-state index is -0.124. The van der Waals surface area contributed by atoms with Gasteiger partial charge in [0.15, 0.2) is 0 Å². The molecule has 5 heteroatoms. The van der Waals surface area contributed by atoms with Crippen LogP contribution in [0.4, 0.5) is 0 Å². The second-order valence-corrected chi connectivity index (χ2v) is 5.05. The average Bonchev–Trinajstić information content (AvgIpc) is 2.43. The van der Waals surface area contributed by atoms with Crippen molar-refractivity contribution in [3.63, 3.8) is 0 Å². The second kappa shape index (κ2) is 7.06. The van der Waals surface area contributed by atoms with E-state index in [0.717, 1.165) is 5.56 Å². The highest BCUT2D eigenvalue weighted by molar-refractivity contribution is 7.99. The van der Waals surface area contributed by atoms with Gasteiger partial charge in [-0.05, 0) is 30.9 Å². The van der Waals surface area contributed by atoms with Crippen molar-refractivity contribution in [3.8, 4) is 0 Å². The highest BCUT2D eigenvalue weighted by Crippen LogP contribution is 2.07. The molecule has 0 radical (unpaired) electrons. The van der Waals surface area contributed by atoms with Gasteiger partial charge in [-0.3, -0.25) is 9.59 Å². The van der Waals surface area contributed by atoms with Crippen molar-refractivity contribution in [2.24, 2.45) is 0 Å². The van der Waals surface area contributed by atoms with Gasteiger partial charge in [-0.1, -0.05) is 12.1 Å². The first-order valence-corrected chi connectivity index (χ1v) is 6.98. The zero-order valence-corrected chi connectivity index (χ0v) is 11.6. The number of benzene rings is 1. The standard InChI is InChI=1S/C13H18N2O2S/c1-9(18-3)12(16)15-8-10-5-4-6-11(7-10)13(17)14-2/h4-7,9H,8H2,1-3H3,(H,14,17)(H,15,16)/t9-/m1/s1. The van der Waals surface area contributed by atoms with Crippen LogP contribution in [-0.4, -0.2) is 30.4 Å². The molecule has 1 aromatic carbocycles. The van der Waals surface area contributed by atoms with Gasteiger partial charge in [0, 0.05) is 19.2 Å². The summed E-state index contributed by atoms with van der Waals surface area (Å²) in [6.07, 6.45) is 1.90. The molecule has 1 rings (SSSR count). The molecule has 4 nitrogen and oxygen atoms in total. The van der Waals surface area contributed by atoms with Crippen molar-refractivity contribution >= 4 is 23.6 Å². The lowest BCUT2D eigenvalue weighted by atomic mass is 10.1. The quantitative estimate of drug-likeness (QED) is 0.847. The topological polar surface area (TPSA) is 58.2 Å². The van der Waals surface area contributed by atoms with Gasteiger partial charge in [0.25, 0.3) is 5.91 Å². The number of thioether (sulfide) groups is 1. The molecule has 1 atom stereocenters. The zero-order chi connectivity index (χ0) is 13.5.